The highest BCUT2D eigenvalue weighted by Gasteiger charge is 2.22. The van der Waals surface area contributed by atoms with Gasteiger partial charge in [-0.05, 0) is 48.7 Å². The fourth-order valence-electron chi connectivity index (χ4n) is 2.98. The molecule has 0 amide bonds. The second-order valence-corrected chi connectivity index (χ2v) is 8.19. The Morgan fingerprint density at radius 1 is 1.16 bits per heavy atom. The number of benzene rings is 2. The second-order valence-electron chi connectivity index (χ2n) is 6.47. The summed E-state index contributed by atoms with van der Waals surface area (Å²) in [6.45, 7) is 0. The Kier molecular flexibility index (Phi) is 3.95. The van der Waals surface area contributed by atoms with Crippen LogP contribution >= 0.6 is 0 Å². The van der Waals surface area contributed by atoms with Crippen molar-refractivity contribution in [2.75, 3.05) is 4.72 Å². The molecule has 0 saturated heterocycles. The third-order valence-corrected chi connectivity index (χ3v) is 5.80. The van der Waals surface area contributed by atoms with Crippen molar-refractivity contribution in [3.8, 4) is 0 Å². The van der Waals surface area contributed by atoms with Gasteiger partial charge < -0.3 is 4.98 Å². The number of sulfonamides is 1. The molecule has 1 aliphatic rings. The molecule has 1 heterocycles. The van der Waals surface area contributed by atoms with Gasteiger partial charge in [-0.15, -0.1) is 0 Å². The normalized spacial score (nSPS) is 15.2. The highest BCUT2D eigenvalue weighted by Crippen LogP contribution is 2.35. The zero-order chi connectivity index (χ0) is 17.4. The van der Waals surface area contributed by atoms with Crippen LogP contribution in [0, 0.1) is 5.82 Å². The van der Waals surface area contributed by atoms with Crippen molar-refractivity contribution < 1.29 is 12.8 Å². The molecule has 7 heteroatoms. The molecule has 0 atom stereocenters. The van der Waals surface area contributed by atoms with Crippen LogP contribution in [0.25, 0.3) is 11.0 Å². The van der Waals surface area contributed by atoms with Crippen LogP contribution < -0.4 is 4.72 Å². The zero-order valence-electron chi connectivity index (χ0n) is 13.5. The van der Waals surface area contributed by atoms with E-state index >= 15 is 0 Å². The third kappa shape index (κ3) is 3.51. The Balaban J connectivity index is 1.53. The predicted molar refractivity (Wildman–Crippen MR) is 95.3 cm³/mol. The SMILES string of the molecule is O=S(=O)(Cc1ccc(F)cc1)Nc1ccc2nc(C3CCC3)[nH]c2c1. The summed E-state index contributed by atoms with van der Waals surface area (Å²) in [5.74, 6) is 0.876. The van der Waals surface area contributed by atoms with E-state index in [2.05, 4.69) is 14.7 Å². The van der Waals surface area contributed by atoms with Crippen LogP contribution in [-0.4, -0.2) is 18.4 Å². The number of hydrogen-bond donors (Lipinski definition) is 2. The topological polar surface area (TPSA) is 74.8 Å². The Morgan fingerprint density at radius 3 is 2.60 bits per heavy atom. The molecular formula is C18H18FN3O2S. The smallest absolute Gasteiger partial charge is 0.236 e. The van der Waals surface area contributed by atoms with E-state index in [1.165, 1.54) is 30.7 Å². The van der Waals surface area contributed by atoms with E-state index in [0.717, 1.165) is 29.7 Å². The fraction of sp³-hybridized carbons (Fsp3) is 0.278. The largest absolute Gasteiger partial charge is 0.342 e. The van der Waals surface area contributed by atoms with Gasteiger partial charge in [0.05, 0.1) is 22.5 Å². The number of halogens is 1. The molecule has 25 heavy (non-hydrogen) atoms. The van der Waals surface area contributed by atoms with Crippen molar-refractivity contribution in [1.82, 2.24) is 9.97 Å². The highest BCUT2D eigenvalue weighted by molar-refractivity contribution is 7.91. The van der Waals surface area contributed by atoms with E-state index in [9.17, 15) is 12.8 Å². The fourth-order valence-corrected chi connectivity index (χ4v) is 4.17. The Hall–Kier alpha value is -2.41. The second kappa shape index (κ2) is 6.15. The van der Waals surface area contributed by atoms with E-state index < -0.39 is 10.0 Å². The van der Waals surface area contributed by atoms with Crippen molar-refractivity contribution in [3.63, 3.8) is 0 Å². The minimum atomic E-state index is -3.58. The average molecular weight is 359 g/mol. The van der Waals surface area contributed by atoms with Crippen molar-refractivity contribution in [3.05, 3.63) is 59.7 Å². The summed E-state index contributed by atoms with van der Waals surface area (Å²) in [6, 6.07) is 10.7. The molecule has 130 valence electrons. The Labute approximate surface area is 145 Å². The van der Waals surface area contributed by atoms with Crippen LogP contribution in [0.5, 0.6) is 0 Å². The van der Waals surface area contributed by atoms with Gasteiger partial charge in [-0.1, -0.05) is 18.6 Å². The predicted octanol–water partition coefficient (Wildman–Crippen LogP) is 3.91. The first-order valence-electron chi connectivity index (χ1n) is 8.23. The molecule has 0 bridgehead atoms. The van der Waals surface area contributed by atoms with Gasteiger partial charge in [-0.2, -0.15) is 0 Å². The maximum Gasteiger partial charge on any atom is 0.236 e. The maximum atomic E-state index is 12.9. The van der Waals surface area contributed by atoms with Crippen molar-refractivity contribution in [2.24, 2.45) is 0 Å². The van der Waals surface area contributed by atoms with E-state index in [-0.39, 0.29) is 11.6 Å². The van der Waals surface area contributed by atoms with E-state index in [1.54, 1.807) is 12.1 Å². The molecule has 1 aromatic heterocycles. The third-order valence-electron chi connectivity index (χ3n) is 4.54. The van der Waals surface area contributed by atoms with E-state index in [4.69, 9.17) is 0 Å². The number of aromatic amines is 1. The molecule has 1 fully saturated rings. The van der Waals surface area contributed by atoms with Crippen LogP contribution in [0.4, 0.5) is 10.1 Å². The van der Waals surface area contributed by atoms with Crippen molar-refractivity contribution in [2.45, 2.75) is 30.9 Å². The molecule has 0 radical (unpaired) electrons. The van der Waals surface area contributed by atoms with E-state index in [0.29, 0.717) is 17.2 Å². The molecule has 2 N–H and O–H groups in total. The minimum absolute atomic E-state index is 0.207. The average Bonchev–Trinajstić information content (AvgIpc) is 2.89. The number of imidazole rings is 1. The van der Waals surface area contributed by atoms with Gasteiger partial charge in [0.15, 0.2) is 0 Å². The first-order valence-corrected chi connectivity index (χ1v) is 9.88. The summed E-state index contributed by atoms with van der Waals surface area (Å²) in [5.41, 5.74) is 2.68. The Morgan fingerprint density at radius 2 is 1.92 bits per heavy atom. The van der Waals surface area contributed by atoms with Crippen molar-refractivity contribution in [1.29, 1.82) is 0 Å². The van der Waals surface area contributed by atoms with Gasteiger partial charge >= 0.3 is 0 Å². The lowest BCUT2D eigenvalue weighted by Gasteiger charge is -2.22. The summed E-state index contributed by atoms with van der Waals surface area (Å²) in [6.07, 6.45) is 3.53. The van der Waals surface area contributed by atoms with E-state index in [1.807, 2.05) is 6.07 Å². The van der Waals surface area contributed by atoms with Gasteiger partial charge in [-0.3, -0.25) is 4.72 Å². The zero-order valence-corrected chi connectivity index (χ0v) is 14.3. The van der Waals surface area contributed by atoms with Gasteiger partial charge in [0.2, 0.25) is 10.0 Å². The number of rotatable bonds is 5. The molecule has 3 aromatic rings. The van der Waals surface area contributed by atoms with Crippen LogP contribution in [-0.2, 0) is 15.8 Å². The van der Waals surface area contributed by atoms with Gasteiger partial charge in [0.1, 0.15) is 11.6 Å². The molecule has 5 nitrogen and oxygen atoms in total. The number of H-pyrrole nitrogens is 1. The van der Waals surface area contributed by atoms with Gasteiger partial charge in [-0.25, -0.2) is 17.8 Å². The van der Waals surface area contributed by atoms with Crippen LogP contribution in [0.1, 0.15) is 36.6 Å². The summed E-state index contributed by atoms with van der Waals surface area (Å²) in [7, 11) is -3.58. The number of fused-ring (bicyclic) bond motifs is 1. The molecule has 2 aromatic carbocycles. The molecule has 0 spiro atoms. The first-order chi connectivity index (χ1) is 12.0. The monoisotopic (exact) mass is 359 g/mol. The molecule has 1 saturated carbocycles. The molecule has 1 aliphatic carbocycles. The van der Waals surface area contributed by atoms with Gasteiger partial charge in [0, 0.05) is 5.92 Å². The summed E-state index contributed by atoms with van der Waals surface area (Å²) in [4.78, 5) is 7.87. The number of nitrogens with one attached hydrogen (secondary N) is 2. The summed E-state index contributed by atoms with van der Waals surface area (Å²) in [5, 5.41) is 0. The quantitative estimate of drug-likeness (QED) is 0.725. The lowest BCUT2D eigenvalue weighted by atomic mass is 9.85. The summed E-state index contributed by atoms with van der Waals surface area (Å²) < 4.78 is 40.2. The van der Waals surface area contributed by atoms with Crippen molar-refractivity contribution >= 4 is 26.7 Å². The number of anilines is 1. The molecule has 4 rings (SSSR count). The Bertz CT molecular complexity index is 1010. The number of aromatic nitrogens is 2. The molecule has 0 aliphatic heterocycles. The standard InChI is InChI=1S/C18H18FN3O2S/c19-14-6-4-12(5-7-14)11-25(23,24)22-15-8-9-16-17(10-15)21-18(20-16)13-2-1-3-13/h4-10,13,22H,1-3,11H2,(H,20,21). The number of nitrogens with zero attached hydrogens (tertiary/aromatic N) is 1. The maximum absolute atomic E-state index is 12.9. The van der Waals surface area contributed by atoms with Gasteiger partial charge in [0.25, 0.3) is 0 Å². The van der Waals surface area contributed by atoms with Crippen LogP contribution in [0.3, 0.4) is 0 Å². The first kappa shape index (κ1) is 16.1. The lowest BCUT2D eigenvalue weighted by molar-refractivity contribution is 0.405. The number of hydrogen-bond acceptors (Lipinski definition) is 3. The van der Waals surface area contributed by atoms with Crippen LogP contribution in [0.15, 0.2) is 42.5 Å². The summed E-state index contributed by atoms with van der Waals surface area (Å²) >= 11 is 0. The lowest BCUT2D eigenvalue weighted by Crippen LogP contribution is -2.15. The minimum Gasteiger partial charge on any atom is -0.342 e. The van der Waals surface area contributed by atoms with Crippen LogP contribution in [0.2, 0.25) is 0 Å². The highest BCUT2D eigenvalue weighted by atomic mass is 32.2. The molecular weight excluding hydrogens is 341 g/mol. The molecule has 0 unspecified atom stereocenters.